The standard InChI is InChI=1S/C21H28N2O2/c1-5-23(6-2)20(17-12-10-16(3)11-13-17)15-22-21(24)18-8-7-9-19(14-18)25-4/h7-14,20H,5-6,15H2,1-4H3,(H,22,24). The van der Waals surface area contributed by atoms with Gasteiger partial charge in [-0.3, -0.25) is 9.69 Å². The van der Waals surface area contributed by atoms with Gasteiger partial charge in [-0.2, -0.15) is 0 Å². The van der Waals surface area contributed by atoms with Gasteiger partial charge < -0.3 is 10.1 Å². The highest BCUT2D eigenvalue weighted by molar-refractivity contribution is 5.94. The normalized spacial score (nSPS) is 12.0. The van der Waals surface area contributed by atoms with Gasteiger partial charge in [0.2, 0.25) is 0 Å². The predicted octanol–water partition coefficient (Wildman–Crippen LogP) is 3.82. The van der Waals surface area contributed by atoms with Crippen LogP contribution in [0.25, 0.3) is 0 Å². The second kappa shape index (κ2) is 9.23. The summed E-state index contributed by atoms with van der Waals surface area (Å²) >= 11 is 0. The van der Waals surface area contributed by atoms with Crippen molar-refractivity contribution in [3.8, 4) is 5.75 Å². The number of amides is 1. The smallest absolute Gasteiger partial charge is 0.251 e. The maximum absolute atomic E-state index is 12.5. The molecule has 1 amide bonds. The molecule has 0 radical (unpaired) electrons. The molecule has 0 heterocycles. The molecule has 0 aliphatic heterocycles. The molecule has 2 rings (SSSR count). The van der Waals surface area contributed by atoms with Crippen LogP contribution in [-0.4, -0.2) is 37.6 Å². The van der Waals surface area contributed by atoms with Crippen molar-refractivity contribution in [3.63, 3.8) is 0 Å². The topological polar surface area (TPSA) is 41.6 Å². The van der Waals surface area contributed by atoms with E-state index in [9.17, 15) is 4.79 Å². The van der Waals surface area contributed by atoms with Crippen LogP contribution in [0.3, 0.4) is 0 Å². The first-order chi connectivity index (χ1) is 12.1. The minimum Gasteiger partial charge on any atom is -0.497 e. The number of likely N-dealkylation sites (N-methyl/N-ethyl adjacent to an activating group) is 1. The van der Waals surface area contributed by atoms with Gasteiger partial charge in [0.25, 0.3) is 5.91 Å². The Morgan fingerprint density at radius 3 is 2.40 bits per heavy atom. The van der Waals surface area contributed by atoms with Crippen LogP contribution in [-0.2, 0) is 0 Å². The van der Waals surface area contributed by atoms with Gasteiger partial charge in [-0.1, -0.05) is 49.7 Å². The Morgan fingerprint density at radius 1 is 1.12 bits per heavy atom. The summed E-state index contributed by atoms with van der Waals surface area (Å²) in [4.78, 5) is 14.9. The molecule has 0 aromatic heterocycles. The second-order valence-corrected chi connectivity index (χ2v) is 6.09. The van der Waals surface area contributed by atoms with Gasteiger partial charge in [-0.25, -0.2) is 0 Å². The van der Waals surface area contributed by atoms with Crippen LogP contribution < -0.4 is 10.1 Å². The van der Waals surface area contributed by atoms with E-state index in [1.54, 1.807) is 19.2 Å². The lowest BCUT2D eigenvalue weighted by Gasteiger charge is -2.30. The van der Waals surface area contributed by atoms with Crippen LogP contribution >= 0.6 is 0 Å². The number of carbonyl (C=O) groups excluding carboxylic acids is 1. The SMILES string of the molecule is CCN(CC)C(CNC(=O)c1cccc(OC)c1)c1ccc(C)cc1. The summed E-state index contributed by atoms with van der Waals surface area (Å²) in [7, 11) is 1.60. The molecular formula is C21H28N2O2. The van der Waals surface area contributed by atoms with Gasteiger partial charge in [0.05, 0.1) is 13.2 Å². The molecule has 2 aromatic rings. The Bertz CT molecular complexity index is 679. The van der Waals surface area contributed by atoms with E-state index in [0.717, 1.165) is 13.1 Å². The summed E-state index contributed by atoms with van der Waals surface area (Å²) < 4.78 is 5.20. The van der Waals surface area contributed by atoms with E-state index in [1.165, 1.54) is 11.1 Å². The van der Waals surface area contributed by atoms with Gasteiger partial charge in [-0.05, 0) is 43.8 Å². The van der Waals surface area contributed by atoms with Gasteiger partial charge in [0.15, 0.2) is 0 Å². The minimum absolute atomic E-state index is 0.0804. The van der Waals surface area contributed by atoms with Gasteiger partial charge >= 0.3 is 0 Å². The first kappa shape index (κ1) is 19.0. The van der Waals surface area contributed by atoms with Crippen LogP contribution in [0.5, 0.6) is 5.75 Å². The number of carbonyl (C=O) groups is 1. The fourth-order valence-corrected chi connectivity index (χ4v) is 2.97. The van der Waals surface area contributed by atoms with E-state index in [0.29, 0.717) is 17.9 Å². The first-order valence-electron chi connectivity index (χ1n) is 8.81. The first-order valence-corrected chi connectivity index (χ1v) is 8.81. The van der Waals surface area contributed by atoms with Crippen molar-refractivity contribution in [3.05, 3.63) is 65.2 Å². The molecule has 0 aliphatic carbocycles. The third-order valence-electron chi connectivity index (χ3n) is 4.50. The van der Waals surface area contributed by atoms with Crippen LogP contribution in [0.15, 0.2) is 48.5 Å². The Kier molecular flexibility index (Phi) is 7.02. The molecular weight excluding hydrogens is 312 g/mol. The molecule has 1 N–H and O–H groups in total. The summed E-state index contributed by atoms with van der Waals surface area (Å²) in [5, 5.41) is 3.08. The fraction of sp³-hybridized carbons (Fsp3) is 0.381. The van der Waals surface area contributed by atoms with E-state index < -0.39 is 0 Å². The monoisotopic (exact) mass is 340 g/mol. The number of hydrogen-bond donors (Lipinski definition) is 1. The zero-order chi connectivity index (χ0) is 18.2. The lowest BCUT2D eigenvalue weighted by molar-refractivity contribution is 0.0934. The summed E-state index contributed by atoms with van der Waals surface area (Å²) in [5.74, 6) is 0.606. The average molecular weight is 340 g/mol. The predicted molar refractivity (Wildman–Crippen MR) is 102 cm³/mol. The third-order valence-corrected chi connectivity index (χ3v) is 4.50. The zero-order valence-electron chi connectivity index (χ0n) is 15.6. The molecule has 2 aromatic carbocycles. The van der Waals surface area contributed by atoms with E-state index in [1.807, 2.05) is 12.1 Å². The number of aryl methyl sites for hydroxylation is 1. The van der Waals surface area contributed by atoms with Crippen LogP contribution in [0.2, 0.25) is 0 Å². The Balaban J connectivity index is 2.13. The van der Waals surface area contributed by atoms with Gasteiger partial charge in [-0.15, -0.1) is 0 Å². The molecule has 134 valence electrons. The summed E-state index contributed by atoms with van der Waals surface area (Å²) in [5.41, 5.74) is 3.07. The molecule has 0 aliphatic rings. The van der Waals surface area contributed by atoms with Crippen LogP contribution in [0, 0.1) is 6.92 Å². The molecule has 0 saturated carbocycles. The maximum atomic E-state index is 12.5. The van der Waals surface area contributed by atoms with Crippen molar-refractivity contribution >= 4 is 5.91 Å². The highest BCUT2D eigenvalue weighted by atomic mass is 16.5. The van der Waals surface area contributed by atoms with Crippen molar-refractivity contribution in [2.45, 2.75) is 26.8 Å². The van der Waals surface area contributed by atoms with Gasteiger partial charge in [0, 0.05) is 12.1 Å². The summed E-state index contributed by atoms with van der Waals surface area (Å²) in [6.07, 6.45) is 0. The number of hydrogen-bond acceptors (Lipinski definition) is 3. The average Bonchev–Trinajstić information content (AvgIpc) is 2.65. The second-order valence-electron chi connectivity index (χ2n) is 6.09. The Morgan fingerprint density at radius 2 is 1.80 bits per heavy atom. The van der Waals surface area contributed by atoms with Crippen molar-refractivity contribution in [1.29, 1.82) is 0 Å². The fourth-order valence-electron chi connectivity index (χ4n) is 2.97. The number of rotatable bonds is 8. The number of ether oxygens (including phenoxy) is 1. The highest BCUT2D eigenvalue weighted by Gasteiger charge is 2.19. The Hall–Kier alpha value is -2.33. The number of methoxy groups -OCH3 is 1. The summed E-state index contributed by atoms with van der Waals surface area (Å²) in [6, 6.07) is 15.9. The molecule has 0 spiro atoms. The lowest BCUT2D eigenvalue weighted by atomic mass is 10.0. The molecule has 4 nitrogen and oxygen atoms in total. The van der Waals surface area contributed by atoms with Gasteiger partial charge in [0.1, 0.15) is 5.75 Å². The summed E-state index contributed by atoms with van der Waals surface area (Å²) in [6.45, 7) is 8.82. The maximum Gasteiger partial charge on any atom is 0.251 e. The van der Waals surface area contributed by atoms with Crippen molar-refractivity contribution in [2.24, 2.45) is 0 Å². The van der Waals surface area contributed by atoms with Crippen molar-refractivity contribution < 1.29 is 9.53 Å². The molecule has 25 heavy (non-hydrogen) atoms. The van der Waals surface area contributed by atoms with Crippen molar-refractivity contribution in [1.82, 2.24) is 10.2 Å². The molecule has 4 heteroatoms. The highest BCUT2D eigenvalue weighted by Crippen LogP contribution is 2.21. The molecule has 1 atom stereocenters. The van der Waals surface area contributed by atoms with E-state index >= 15 is 0 Å². The van der Waals surface area contributed by atoms with Crippen LogP contribution in [0.4, 0.5) is 0 Å². The van der Waals surface area contributed by atoms with Crippen molar-refractivity contribution in [2.75, 3.05) is 26.7 Å². The third kappa shape index (κ3) is 5.07. The van der Waals surface area contributed by atoms with Crippen LogP contribution in [0.1, 0.15) is 41.4 Å². The van der Waals surface area contributed by atoms with E-state index in [2.05, 4.69) is 55.3 Å². The molecule has 0 bridgehead atoms. The molecule has 0 fully saturated rings. The minimum atomic E-state index is -0.0804. The van der Waals surface area contributed by atoms with E-state index in [4.69, 9.17) is 4.74 Å². The zero-order valence-corrected chi connectivity index (χ0v) is 15.6. The lowest BCUT2D eigenvalue weighted by Crippen LogP contribution is -2.38. The largest absolute Gasteiger partial charge is 0.497 e. The van der Waals surface area contributed by atoms with E-state index in [-0.39, 0.29) is 11.9 Å². The number of benzene rings is 2. The quantitative estimate of drug-likeness (QED) is 0.794. The number of nitrogens with one attached hydrogen (secondary N) is 1. The molecule has 1 unspecified atom stereocenters. The number of nitrogens with zero attached hydrogens (tertiary/aromatic N) is 1. The molecule has 0 saturated heterocycles. The Labute approximate surface area is 150 Å².